The van der Waals surface area contributed by atoms with Gasteiger partial charge in [0.2, 0.25) is 5.88 Å². The molecule has 5 rings (SSSR count). The monoisotopic (exact) mass is 444 g/mol. The molecule has 170 valence electrons. The molecule has 0 saturated carbocycles. The van der Waals surface area contributed by atoms with E-state index in [1.807, 2.05) is 73.0 Å². The summed E-state index contributed by atoms with van der Waals surface area (Å²) in [4.78, 5) is 23.7. The summed E-state index contributed by atoms with van der Waals surface area (Å²) >= 11 is 0. The number of hydrogen-bond donors (Lipinski definition) is 0. The second kappa shape index (κ2) is 8.69. The molecule has 0 radical (unpaired) electrons. The average Bonchev–Trinajstić information content (AvgIpc) is 3.36. The van der Waals surface area contributed by atoms with E-state index < -0.39 is 0 Å². The summed E-state index contributed by atoms with van der Waals surface area (Å²) in [5.41, 5.74) is 3.81. The SMILES string of the molecule is Cc1cc(C)n(-c2cc(OCC3CCN(C(=O)c4cn(C)c5ccccc45)CC3)ncn2)n1. The van der Waals surface area contributed by atoms with Gasteiger partial charge in [-0.2, -0.15) is 5.10 Å². The van der Waals surface area contributed by atoms with Crippen LogP contribution in [-0.4, -0.2) is 54.8 Å². The fraction of sp³-hybridized carbons (Fsp3) is 0.360. The van der Waals surface area contributed by atoms with Crippen LogP contribution in [0.15, 0.2) is 48.9 Å². The summed E-state index contributed by atoms with van der Waals surface area (Å²) in [5, 5.41) is 5.49. The van der Waals surface area contributed by atoms with Crippen LogP contribution >= 0.6 is 0 Å². The third-order valence-corrected chi connectivity index (χ3v) is 6.35. The largest absolute Gasteiger partial charge is 0.477 e. The summed E-state index contributed by atoms with van der Waals surface area (Å²) < 4.78 is 9.81. The van der Waals surface area contributed by atoms with Crippen LogP contribution in [0.25, 0.3) is 16.7 Å². The first-order chi connectivity index (χ1) is 16.0. The molecule has 8 heteroatoms. The first-order valence-corrected chi connectivity index (χ1v) is 11.3. The molecule has 33 heavy (non-hydrogen) atoms. The molecule has 0 unspecified atom stereocenters. The highest BCUT2D eigenvalue weighted by Gasteiger charge is 2.26. The van der Waals surface area contributed by atoms with Crippen LogP contribution in [-0.2, 0) is 7.05 Å². The molecule has 0 N–H and O–H groups in total. The van der Waals surface area contributed by atoms with E-state index in [-0.39, 0.29) is 5.91 Å². The highest BCUT2D eigenvalue weighted by Crippen LogP contribution is 2.25. The van der Waals surface area contributed by atoms with Crippen molar-refractivity contribution >= 4 is 16.8 Å². The molecule has 1 saturated heterocycles. The summed E-state index contributed by atoms with van der Waals surface area (Å²) in [6, 6.07) is 11.9. The average molecular weight is 445 g/mol. The van der Waals surface area contributed by atoms with Gasteiger partial charge in [0, 0.05) is 49.0 Å². The zero-order valence-electron chi connectivity index (χ0n) is 19.2. The third kappa shape index (κ3) is 4.20. The van der Waals surface area contributed by atoms with E-state index in [1.54, 1.807) is 4.68 Å². The van der Waals surface area contributed by atoms with E-state index in [2.05, 4.69) is 15.1 Å². The Morgan fingerprint density at radius 3 is 2.67 bits per heavy atom. The normalized spacial score (nSPS) is 14.7. The summed E-state index contributed by atoms with van der Waals surface area (Å²) in [7, 11) is 1.98. The molecular weight excluding hydrogens is 416 g/mol. The van der Waals surface area contributed by atoms with Gasteiger partial charge in [0.05, 0.1) is 17.9 Å². The number of ether oxygens (including phenoxy) is 1. The maximum Gasteiger partial charge on any atom is 0.256 e. The lowest BCUT2D eigenvalue weighted by molar-refractivity contribution is 0.0661. The zero-order valence-corrected chi connectivity index (χ0v) is 19.2. The number of aromatic nitrogens is 5. The topological polar surface area (TPSA) is 78.1 Å². The number of amides is 1. The van der Waals surface area contributed by atoms with Crippen molar-refractivity contribution in [1.82, 2.24) is 29.2 Å². The van der Waals surface area contributed by atoms with Crippen molar-refractivity contribution in [1.29, 1.82) is 0 Å². The van der Waals surface area contributed by atoms with E-state index in [0.29, 0.717) is 24.2 Å². The minimum Gasteiger partial charge on any atom is -0.477 e. The molecule has 1 amide bonds. The lowest BCUT2D eigenvalue weighted by Gasteiger charge is -2.31. The number of carbonyl (C=O) groups excluding carboxylic acids is 1. The molecule has 1 aromatic carbocycles. The van der Waals surface area contributed by atoms with Gasteiger partial charge in [0.15, 0.2) is 5.82 Å². The fourth-order valence-corrected chi connectivity index (χ4v) is 4.57. The number of piperidine rings is 1. The van der Waals surface area contributed by atoms with Gasteiger partial charge in [-0.15, -0.1) is 0 Å². The lowest BCUT2D eigenvalue weighted by atomic mass is 9.97. The van der Waals surface area contributed by atoms with Crippen molar-refractivity contribution in [3.8, 4) is 11.7 Å². The third-order valence-electron chi connectivity index (χ3n) is 6.35. The minimum absolute atomic E-state index is 0.108. The summed E-state index contributed by atoms with van der Waals surface area (Å²) in [5.74, 6) is 1.73. The first kappa shape index (κ1) is 21.2. The number of para-hydroxylation sites is 1. The number of benzene rings is 1. The molecule has 0 aliphatic carbocycles. The van der Waals surface area contributed by atoms with Crippen molar-refractivity contribution in [2.24, 2.45) is 13.0 Å². The lowest BCUT2D eigenvalue weighted by Crippen LogP contribution is -2.39. The van der Waals surface area contributed by atoms with Crippen molar-refractivity contribution in [3.05, 3.63) is 65.9 Å². The Bertz CT molecular complexity index is 1300. The van der Waals surface area contributed by atoms with Crippen molar-refractivity contribution in [2.45, 2.75) is 26.7 Å². The van der Waals surface area contributed by atoms with Gasteiger partial charge in [-0.3, -0.25) is 4.79 Å². The zero-order chi connectivity index (χ0) is 22.9. The number of fused-ring (bicyclic) bond motifs is 1. The van der Waals surface area contributed by atoms with Crippen LogP contribution in [0.4, 0.5) is 0 Å². The minimum atomic E-state index is 0.108. The Labute approximate surface area is 192 Å². The molecule has 4 heterocycles. The number of likely N-dealkylation sites (tertiary alicyclic amines) is 1. The van der Waals surface area contributed by atoms with Gasteiger partial charge < -0.3 is 14.2 Å². The molecule has 4 aromatic rings. The maximum atomic E-state index is 13.2. The van der Waals surface area contributed by atoms with Crippen LogP contribution in [0.2, 0.25) is 0 Å². The van der Waals surface area contributed by atoms with Crippen molar-refractivity contribution in [3.63, 3.8) is 0 Å². The van der Waals surface area contributed by atoms with Gasteiger partial charge in [0.1, 0.15) is 6.33 Å². The van der Waals surface area contributed by atoms with E-state index in [4.69, 9.17) is 4.74 Å². The molecule has 8 nitrogen and oxygen atoms in total. The fourth-order valence-electron chi connectivity index (χ4n) is 4.57. The standard InChI is InChI=1S/C25H28N6O2/c1-17-12-18(2)31(28-17)23-13-24(27-16-26-23)33-15-19-8-10-30(11-9-19)25(32)21-14-29(3)22-7-5-4-6-20(21)22/h4-7,12-14,16,19H,8-11,15H2,1-3H3. The van der Waals surface area contributed by atoms with E-state index in [0.717, 1.165) is 53.8 Å². The molecule has 1 aliphatic heterocycles. The number of nitrogens with zero attached hydrogens (tertiary/aromatic N) is 6. The van der Waals surface area contributed by atoms with E-state index in [1.165, 1.54) is 6.33 Å². The Hall–Kier alpha value is -3.68. The molecular formula is C25H28N6O2. The quantitative estimate of drug-likeness (QED) is 0.469. The number of carbonyl (C=O) groups is 1. The van der Waals surface area contributed by atoms with Crippen LogP contribution in [0.5, 0.6) is 5.88 Å². The molecule has 1 fully saturated rings. The highest BCUT2D eigenvalue weighted by atomic mass is 16.5. The second-order valence-corrected chi connectivity index (χ2v) is 8.77. The van der Waals surface area contributed by atoms with Gasteiger partial charge in [-0.05, 0) is 44.7 Å². The molecule has 0 spiro atoms. The van der Waals surface area contributed by atoms with Gasteiger partial charge in [-0.1, -0.05) is 18.2 Å². The maximum absolute atomic E-state index is 13.2. The predicted molar refractivity (Wildman–Crippen MR) is 126 cm³/mol. The van der Waals surface area contributed by atoms with Crippen LogP contribution in [0.1, 0.15) is 34.6 Å². The Morgan fingerprint density at radius 2 is 1.91 bits per heavy atom. The molecule has 0 bridgehead atoms. The van der Waals surface area contributed by atoms with E-state index >= 15 is 0 Å². The first-order valence-electron chi connectivity index (χ1n) is 11.3. The van der Waals surface area contributed by atoms with Gasteiger partial charge in [-0.25, -0.2) is 14.6 Å². The number of hydrogen-bond acceptors (Lipinski definition) is 5. The Morgan fingerprint density at radius 1 is 1.12 bits per heavy atom. The number of rotatable bonds is 5. The van der Waals surface area contributed by atoms with Gasteiger partial charge in [0.25, 0.3) is 5.91 Å². The highest BCUT2D eigenvalue weighted by molar-refractivity contribution is 6.07. The van der Waals surface area contributed by atoms with Crippen LogP contribution in [0.3, 0.4) is 0 Å². The Kier molecular flexibility index (Phi) is 5.58. The smallest absolute Gasteiger partial charge is 0.256 e. The Balaban J connectivity index is 1.19. The summed E-state index contributed by atoms with van der Waals surface area (Å²) in [6.07, 6.45) is 5.27. The van der Waals surface area contributed by atoms with Crippen LogP contribution in [0, 0.1) is 19.8 Å². The second-order valence-electron chi connectivity index (χ2n) is 8.77. The molecule has 3 aromatic heterocycles. The summed E-state index contributed by atoms with van der Waals surface area (Å²) in [6.45, 7) is 5.99. The van der Waals surface area contributed by atoms with Gasteiger partial charge >= 0.3 is 0 Å². The van der Waals surface area contributed by atoms with E-state index in [9.17, 15) is 4.79 Å². The predicted octanol–water partition coefficient (Wildman–Crippen LogP) is 3.70. The van der Waals surface area contributed by atoms with Crippen LogP contribution < -0.4 is 4.74 Å². The number of aryl methyl sites for hydroxylation is 3. The molecule has 0 atom stereocenters. The van der Waals surface area contributed by atoms with Crippen molar-refractivity contribution < 1.29 is 9.53 Å². The van der Waals surface area contributed by atoms with Crippen molar-refractivity contribution in [2.75, 3.05) is 19.7 Å². The molecule has 1 aliphatic rings.